The first-order valence-electron chi connectivity index (χ1n) is 4.57. The van der Waals surface area contributed by atoms with Crippen LogP contribution in [0.3, 0.4) is 0 Å². The fraction of sp³-hybridized carbons (Fsp3) is 0.778. The van der Waals surface area contributed by atoms with Gasteiger partial charge in [-0.15, -0.1) is 0 Å². The second-order valence-electron chi connectivity index (χ2n) is 3.23. The minimum atomic E-state index is -0.319. The summed E-state index contributed by atoms with van der Waals surface area (Å²) in [6, 6.07) is -0.279. The number of likely N-dealkylation sites (tertiary alicyclic amines) is 1. The Balaban J connectivity index is 2.51. The highest BCUT2D eigenvalue weighted by molar-refractivity contribution is 5.78. The van der Waals surface area contributed by atoms with Crippen LogP contribution in [0, 0.1) is 0 Å². The van der Waals surface area contributed by atoms with Gasteiger partial charge in [-0.1, -0.05) is 0 Å². The quantitative estimate of drug-likeness (QED) is 0.592. The molecule has 5 nitrogen and oxygen atoms in total. The lowest BCUT2D eigenvalue weighted by atomic mass is 10.2. The number of nitrogens with zero attached hydrogens (tertiary/aromatic N) is 1. The van der Waals surface area contributed by atoms with Gasteiger partial charge in [-0.05, 0) is 19.4 Å². The van der Waals surface area contributed by atoms with Crippen molar-refractivity contribution in [2.45, 2.75) is 18.9 Å². The summed E-state index contributed by atoms with van der Waals surface area (Å²) < 4.78 is 9.19. The van der Waals surface area contributed by atoms with E-state index in [1.54, 1.807) is 4.90 Å². The molecular weight excluding hydrogens is 186 g/mol. The van der Waals surface area contributed by atoms with Crippen molar-refractivity contribution in [1.29, 1.82) is 0 Å². The zero-order valence-electron chi connectivity index (χ0n) is 8.49. The molecule has 1 atom stereocenters. The summed E-state index contributed by atoms with van der Waals surface area (Å²) in [4.78, 5) is 24.1. The van der Waals surface area contributed by atoms with Crippen LogP contribution in [0.4, 0.5) is 0 Å². The first kappa shape index (κ1) is 11.0. The average molecular weight is 201 g/mol. The van der Waals surface area contributed by atoms with Crippen molar-refractivity contribution in [3.8, 4) is 0 Å². The summed E-state index contributed by atoms with van der Waals surface area (Å²) in [6.07, 6.45) is 1.67. The van der Waals surface area contributed by atoms with E-state index in [-0.39, 0.29) is 24.5 Å². The zero-order valence-corrected chi connectivity index (χ0v) is 8.49. The Morgan fingerprint density at radius 1 is 1.36 bits per heavy atom. The highest BCUT2D eigenvalue weighted by Crippen LogP contribution is 2.17. The highest BCUT2D eigenvalue weighted by Gasteiger charge is 2.32. The topological polar surface area (TPSA) is 55.8 Å². The van der Waals surface area contributed by atoms with E-state index in [4.69, 9.17) is 0 Å². The maximum Gasteiger partial charge on any atom is 0.323 e. The van der Waals surface area contributed by atoms with Crippen LogP contribution in [0.15, 0.2) is 0 Å². The molecule has 1 saturated heterocycles. The van der Waals surface area contributed by atoms with Gasteiger partial charge in [0.25, 0.3) is 0 Å². The largest absolute Gasteiger partial charge is 0.468 e. The van der Waals surface area contributed by atoms with Crippen molar-refractivity contribution < 1.29 is 19.1 Å². The zero-order chi connectivity index (χ0) is 10.6. The van der Waals surface area contributed by atoms with Gasteiger partial charge in [0, 0.05) is 0 Å². The van der Waals surface area contributed by atoms with Crippen LogP contribution in [0.5, 0.6) is 0 Å². The maximum atomic E-state index is 11.3. The summed E-state index contributed by atoms with van der Waals surface area (Å²) >= 11 is 0. The Morgan fingerprint density at radius 3 is 2.64 bits per heavy atom. The third-order valence-electron chi connectivity index (χ3n) is 2.40. The van der Waals surface area contributed by atoms with Crippen LogP contribution in [0.2, 0.25) is 0 Å². The minimum absolute atomic E-state index is 0.163. The number of ether oxygens (including phenoxy) is 2. The molecule has 0 unspecified atom stereocenters. The van der Waals surface area contributed by atoms with Crippen molar-refractivity contribution in [3.63, 3.8) is 0 Å². The summed E-state index contributed by atoms with van der Waals surface area (Å²) in [5.74, 6) is -0.591. The number of carbonyl (C=O) groups is 2. The highest BCUT2D eigenvalue weighted by atomic mass is 16.5. The maximum absolute atomic E-state index is 11.3. The molecule has 0 aromatic heterocycles. The molecule has 0 spiro atoms. The second-order valence-corrected chi connectivity index (χ2v) is 3.23. The molecule has 5 heteroatoms. The predicted molar refractivity (Wildman–Crippen MR) is 48.6 cm³/mol. The molecule has 0 saturated carbocycles. The average Bonchev–Trinajstić information content (AvgIpc) is 2.64. The first-order chi connectivity index (χ1) is 6.69. The molecule has 0 aromatic rings. The molecule has 1 heterocycles. The fourth-order valence-electron chi connectivity index (χ4n) is 1.65. The molecule has 0 radical (unpaired) electrons. The van der Waals surface area contributed by atoms with Gasteiger partial charge in [-0.3, -0.25) is 14.5 Å². The van der Waals surface area contributed by atoms with Gasteiger partial charge in [0.1, 0.15) is 6.04 Å². The Kier molecular flexibility index (Phi) is 3.88. The molecule has 80 valence electrons. The Labute approximate surface area is 83.0 Å². The van der Waals surface area contributed by atoms with Gasteiger partial charge >= 0.3 is 11.9 Å². The molecule has 1 rings (SSSR count). The molecule has 0 bridgehead atoms. The molecular formula is C9H15NO4. The van der Waals surface area contributed by atoms with Gasteiger partial charge in [0.15, 0.2) is 0 Å². The monoisotopic (exact) mass is 201 g/mol. The molecule has 14 heavy (non-hydrogen) atoms. The van der Waals surface area contributed by atoms with Crippen LogP contribution in [0.25, 0.3) is 0 Å². The van der Waals surface area contributed by atoms with Gasteiger partial charge in [-0.2, -0.15) is 0 Å². The summed E-state index contributed by atoms with van der Waals surface area (Å²) in [5, 5.41) is 0. The summed E-state index contributed by atoms with van der Waals surface area (Å²) in [6.45, 7) is 0.908. The predicted octanol–water partition coefficient (Wildman–Crippen LogP) is -0.203. The molecule has 0 N–H and O–H groups in total. The van der Waals surface area contributed by atoms with E-state index in [0.717, 1.165) is 19.4 Å². The van der Waals surface area contributed by atoms with Crippen LogP contribution in [-0.4, -0.2) is 50.2 Å². The molecule has 1 aliphatic heterocycles. The van der Waals surface area contributed by atoms with E-state index in [2.05, 4.69) is 9.47 Å². The van der Waals surface area contributed by atoms with Crippen molar-refractivity contribution >= 4 is 11.9 Å². The second kappa shape index (κ2) is 4.95. The normalized spacial score (nSPS) is 22.0. The van der Waals surface area contributed by atoms with Crippen molar-refractivity contribution in [1.82, 2.24) is 4.90 Å². The van der Waals surface area contributed by atoms with Crippen molar-refractivity contribution in [3.05, 3.63) is 0 Å². The number of esters is 2. The van der Waals surface area contributed by atoms with E-state index < -0.39 is 0 Å². The summed E-state index contributed by atoms with van der Waals surface area (Å²) in [7, 11) is 2.70. The number of hydrogen-bond donors (Lipinski definition) is 0. The number of methoxy groups -OCH3 is 2. The third-order valence-corrected chi connectivity index (χ3v) is 2.40. The van der Waals surface area contributed by atoms with E-state index in [0.29, 0.717) is 0 Å². The smallest absolute Gasteiger partial charge is 0.323 e. The van der Waals surface area contributed by atoms with E-state index >= 15 is 0 Å². The standard InChI is InChI=1S/C9H15NO4/c1-13-8(11)6-10-5-3-4-7(10)9(12)14-2/h7H,3-6H2,1-2H3/t7-/m0/s1. The van der Waals surface area contributed by atoms with Gasteiger partial charge in [0.2, 0.25) is 0 Å². The van der Waals surface area contributed by atoms with Crippen LogP contribution in [0.1, 0.15) is 12.8 Å². The fourth-order valence-corrected chi connectivity index (χ4v) is 1.65. The Bertz CT molecular complexity index is 229. The molecule has 0 amide bonds. The summed E-state index contributed by atoms with van der Waals surface area (Å²) in [5.41, 5.74) is 0. The molecule has 0 aromatic carbocycles. The molecule has 1 aliphatic rings. The number of hydrogen-bond acceptors (Lipinski definition) is 5. The first-order valence-corrected chi connectivity index (χ1v) is 4.57. The Morgan fingerprint density at radius 2 is 2.07 bits per heavy atom. The third kappa shape index (κ3) is 2.45. The van der Waals surface area contributed by atoms with E-state index in [1.807, 2.05) is 0 Å². The lowest BCUT2D eigenvalue weighted by Gasteiger charge is -2.20. The van der Waals surface area contributed by atoms with E-state index in [1.165, 1.54) is 14.2 Å². The lowest BCUT2D eigenvalue weighted by molar-refractivity contribution is -0.148. The van der Waals surface area contributed by atoms with Gasteiger partial charge in [0.05, 0.1) is 20.8 Å². The lowest BCUT2D eigenvalue weighted by Crippen LogP contribution is -2.40. The van der Waals surface area contributed by atoms with Gasteiger partial charge in [-0.25, -0.2) is 0 Å². The molecule has 0 aliphatic carbocycles. The number of carbonyl (C=O) groups excluding carboxylic acids is 2. The van der Waals surface area contributed by atoms with Crippen LogP contribution >= 0.6 is 0 Å². The molecule has 1 fully saturated rings. The van der Waals surface area contributed by atoms with Crippen LogP contribution < -0.4 is 0 Å². The van der Waals surface area contributed by atoms with Crippen LogP contribution in [-0.2, 0) is 19.1 Å². The Hall–Kier alpha value is -1.10. The minimum Gasteiger partial charge on any atom is -0.468 e. The van der Waals surface area contributed by atoms with Crippen molar-refractivity contribution in [2.24, 2.45) is 0 Å². The van der Waals surface area contributed by atoms with E-state index in [9.17, 15) is 9.59 Å². The number of rotatable bonds is 3. The SMILES string of the molecule is COC(=O)CN1CCC[C@H]1C(=O)OC. The van der Waals surface area contributed by atoms with Crippen molar-refractivity contribution in [2.75, 3.05) is 27.3 Å². The van der Waals surface area contributed by atoms with Gasteiger partial charge < -0.3 is 9.47 Å².